The summed E-state index contributed by atoms with van der Waals surface area (Å²) in [5.74, 6) is 1.14. The van der Waals surface area contributed by atoms with E-state index in [2.05, 4.69) is 25.5 Å². The van der Waals surface area contributed by atoms with Gasteiger partial charge in [0.05, 0.1) is 5.56 Å². The van der Waals surface area contributed by atoms with Crippen molar-refractivity contribution in [3.05, 3.63) is 18.0 Å². The number of hydrogen-bond donors (Lipinski definition) is 2. The maximum absolute atomic E-state index is 11.9. The summed E-state index contributed by atoms with van der Waals surface area (Å²) in [4.78, 5) is 34.4. The predicted octanol–water partition coefficient (Wildman–Crippen LogP) is 2.63. The minimum Gasteiger partial charge on any atom is -0.356 e. The molecule has 2 heterocycles. The van der Waals surface area contributed by atoms with Gasteiger partial charge in [-0.2, -0.15) is 0 Å². The summed E-state index contributed by atoms with van der Waals surface area (Å²) >= 11 is 0. The fourth-order valence-electron chi connectivity index (χ4n) is 2.73. The lowest BCUT2D eigenvalue weighted by atomic mass is 9.97. The summed E-state index contributed by atoms with van der Waals surface area (Å²) < 4.78 is 0. The van der Waals surface area contributed by atoms with Gasteiger partial charge < -0.3 is 15.5 Å². The van der Waals surface area contributed by atoms with Crippen molar-refractivity contribution in [2.24, 2.45) is 11.8 Å². The predicted molar refractivity (Wildman–Crippen MR) is 109 cm³/mol. The summed E-state index contributed by atoms with van der Waals surface area (Å²) in [6.07, 6.45) is 5.15. The molecular formula is C20H35N5O2. The SMILES string of the molecule is CC.CC(C)NC(=O)c1cnc(N2CCC(CNC(=O)C(C)C)CC2)nc1. The van der Waals surface area contributed by atoms with Gasteiger partial charge in [0.1, 0.15) is 0 Å². The van der Waals surface area contributed by atoms with Crippen LogP contribution >= 0.6 is 0 Å². The molecule has 0 radical (unpaired) electrons. The van der Waals surface area contributed by atoms with Gasteiger partial charge in [0, 0.05) is 44.0 Å². The number of carbonyl (C=O) groups excluding carboxylic acids is 2. The molecule has 2 N–H and O–H groups in total. The number of anilines is 1. The van der Waals surface area contributed by atoms with Crippen LogP contribution in [-0.4, -0.2) is 47.5 Å². The van der Waals surface area contributed by atoms with Crippen LogP contribution < -0.4 is 15.5 Å². The maximum atomic E-state index is 11.9. The van der Waals surface area contributed by atoms with E-state index in [1.165, 1.54) is 0 Å². The zero-order valence-electron chi connectivity index (χ0n) is 17.6. The second-order valence-corrected chi connectivity index (χ2v) is 7.23. The molecule has 2 rings (SSSR count). The first-order valence-corrected chi connectivity index (χ1v) is 10.0. The molecule has 27 heavy (non-hydrogen) atoms. The number of carbonyl (C=O) groups is 2. The van der Waals surface area contributed by atoms with Crippen molar-refractivity contribution in [1.82, 2.24) is 20.6 Å². The number of piperidine rings is 1. The van der Waals surface area contributed by atoms with Gasteiger partial charge in [0.15, 0.2) is 0 Å². The van der Waals surface area contributed by atoms with Crippen molar-refractivity contribution in [1.29, 1.82) is 0 Å². The Hall–Kier alpha value is -2.18. The minimum atomic E-state index is -0.152. The first kappa shape index (κ1) is 22.9. The molecule has 2 amide bonds. The van der Waals surface area contributed by atoms with Crippen LogP contribution in [0.25, 0.3) is 0 Å². The molecule has 1 aromatic heterocycles. The summed E-state index contributed by atoms with van der Waals surface area (Å²) in [6.45, 7) is 14.1. The summed E-state index contributed by atoms with van der Waals surface area (Å²) in [7, 11) is 0. The fourth-order valence-corrected chi connectivity index (χ4v) is 2.73. The monoisotopic (exact) mass is 377 g/mol. The van der Waals surface area contributed by atoms with E-state index in [9.17, 15) is 9.59 Å². The van der Waals surface area contributed by atoms with Crippen molar-refractivity contribution in [3.8, 4) is 0 Å². The lowest BCUT2D eigenvalue weighted by molar-refractivity contribution is -0.124. The van der Waals surface area contributed by atoms with Crippen molar-refractivity contribution in [3.63, 3.8) is 0 Å². The quantitative estimate of drug-likeness (QED) is 0.796. The number of nitrogens with zero attached hydrogens (tertiary/aromatic N) is 3. The molecule has 1 aliphatic heterocycles. The molecule has 0 saturated carbocycles. The molecule has 7 nitrogen and oxygen atoms in total. The molecule has 7 heteroatoms. The van der Waals surface area contributed by atoms with Crippen LogP contribution in [0.15, 0.2) is 12.4 Å². The van der Waals surface area contributed by atoms with Gasteiger partial charge in [-0.25, -0.2) is 9.97 Å². The van der Waals surface area contributed by atoms with Gasteiger partial charge in [-0.15, -0.1) is 0 Å². The average molecular weight is 378 g/mol. The highest BCUT2D eigenvalue weighted by Gasteiger charge is 2.22. The van der Waals surface area contributed by atoms with E-state index < -0.39 is 0 Å². The topological polar surface area (TPSA) is 87.2 Å². The molecule has 0 bridgehead atoms. The standard InChI is InChI=1S/C18H29N5O2.C2H6/c1-12(2)16(24)19-9-14-5-7-23(8-6-14)18-20-10-15(11-21-18)17(25)22-13(3)4;1-2/h10-14H,5-9H2,1-4H3,(H,19,24)(H,22,25);1-2H3. The van der Waals surface area contributed by atoms with Crippen LogP contribution in [0.3, 0.4) is 0 Å². The Morgan fingerprint density at radius 2 is 1.67 bits per heavy atom. The zero-order chi connectivity index (χ0) is 20.4. The maximum Gasteiger partial charge on any atom is 0.254 e. The molecule has 1 aliphatic rings. The Kier molecular flexibility index (Phi) is 9.75. The Labute approximate surface area is 163 Å². The van der Waals surface area contributed by atoms with Crippen LogP contribution in [0.1, 0.15) is 64.7 Å². The number of aromatic nitrogens is 2. The highest BCUT2D eigenvalue weighted by molar-refractivity contribution is 5.93. The smallest absolute Gasteiger partial charge is 0.254 e. The third-order valence-electron chi connectivity index (χ3n) is 4.31. The molecule has 0 aromatic carbocycles. The Bertz CT molecular complexity index is 579. The van der Waals surface area contributed by atoms with Crippen LogP contribution in [0, 0.1) is 11.8 Å². The third-order valence-corrected chi connectivity index (χ3v) is 4.31. The molecule has 152 valence electrons. The molecule has 0 aliphatic carbocycles. The van der Waals surface area contributed by atoms with Crippen LogP contribution in [-0.2, 0) is 4.79 Å². The van der Waals surface area contributed by atoms with Crippen LogP contribution in [0.2, 0.25) is 0 Å². The average Bonchev–Trinajstić information content (AvgIpc) is 2.67. The molecule has 1 aromatic rings. The number of amides is 2. The van der Waals surface area contributed by atoms with E-state index in [4.69, 9.17) is 0 Å². The Morgan fingerprint density at radius 1 is 1.11 bits per heavy atom. The van der Waals surface area contributed by atoms with E-state index in [1.807, 2.05) is 41.5 Å². The van der Waals surface area contributed by atoms with Crippen molar-refractivity contribution in [2.45, 2.75) is 60.4 Å². The summed E-state index contributed by atoms with van der Waals surface area (Å²) in [5, 5.41) is 5.84. The van der Waals surface area contributed by atoms with Gasteiger partial charge in [-0.3, -0.25) is 9.59 Å². The van der Waals surface area contributed by atoms with Crippen LogP contribution in [0.5, 0.6) is 0 Å². The van der Waals surface area contributed by atoms with Gasteiger partial charge in [-0.05, 0) is 32.6 Å². The van der Waals surface area contributed by atoms with Crippen LogP contribution in [0.4, 0.5) is 5.95 Å². The van der Waals surface area contributed by atoms with E-state index >= 15 is 0 Å². The molecule has 1 fully saturated rings. The van der Waals surface area contributed by atoms with E-state index in [1.54, 1.807) is 12.4 Å². The lowest BCUT2D eigenvalue weighted by Crippen LogP contribution is -2.40. The Morgan fingerprint density at radius 3 is 2.15 bits per heavy atom. The zero-order valence-corrected chi connectivity index (χ0v) is 17.6. The minimum absolute atomic E-state index is 0.0277. The van der Waals surface area contributed by atoms with Gasteiger partial charge >= 0.3 is 0 Å². The molecule has 0 atom stereocenters. The van der Waals surface area contributed by atoms with E-state index in [0.29, 0.717) is 17.4 Å². The van der Waals surface area contributed by atoms with Crippen molar-refractivity contribution in [2.75, 3.05) is 24.5 Å². The number of rotatable bonds is 6. The molecule has 0 unspecified atom stereocenters. The molecular weight excluding hydrogens is 342 g/mol. The first-order chi connectivity index (χ1) is 12.9. The number of hydrogen-bond acceptors (Lipinski definition) is 5. The largest absolute Gasteiger partial charge is 0.356 e. The van der Waals surface area contributed by atoms with Gasteiger partial charge in [-0.1, -0.05) is 27.7 Å². The van der Waals surface area contributed by atoms with Crippen molar-refractivity contribution < 1.29 is 9.59 Å². The van der Waals surface area contributed by atoms with Crippen molar-refractivity contribution >= 4 is 17.8 Å². The molecule has 1 saturated heterocycles. The number of nitrogens with one attached hydrogen (secondary N) is 2. The normalized spacial score (nSPS) is 14.6. The highest BCUT2D eigenvalue weighted by Crippen LogP contribution is 2.20. The fraction of sp³-hybridized carbons (Fsp3) is 0.700. The second kappa shape index (κ2) is 11.5. The van der Waals surface area contributed by atoms with Gasteiger partial charge in [0.2, 0.25) is 11.9 Å². The summed E-state index contributed by atoms with van der Waals surface area (Å²) in [5.41, 5.74) is 0.476. The second-order valence-electron chi connectivity index (χ2n) is 7.23. The van der Waals surface area contributed by atoms with E-state index in [-0.39, 0.29) is 23.8 Å². The van der Waals surface area contributed by atoms with E-state index in [0.717, 1.165) is 32.5 Å². The lowest BCUT2D eigenvalue weighted by Gasteiger charge is -2.32. The molecule has 0 spiro atoms. The Balaban J connectivity index is 0.00000176. The first-order valence-electron chi connectivity index (χ1n) is 10.0. The summed E-state index contributed by atoms with van der Waals surface area (Å²) in [6, 6.07) is 0.0855. The van der Waals surface area contributed by atoms with Gasteiger partial charge in [0.25, 0.3) is 5.91 Å². The highest BCUT2D eigenvalue weighted by atomic mass is 16.2. The third kappa shape index (κ3) is 7.53.